The van der Waals surface area contributed by atoms with Gasteiger partial charge in [0.05, 0.1) is 18.1 Å². The summed E-state index contributed by atoms with van der Waals surface area (Å²) in [4.78, 5) is 25.1. The van der Waals surface area contributed by atoms with E-state index in [1.807, 2.05) is 18.2 Å². The first-order valence-corrected chi connectivity index (χ1v) is 19.1. The van der Waals surface area contributed by atoms with E-state index in [-0.39, 0.29) is 45.5 Å². The van der Waals surface area contributed by atoms with Crippen LogP contribution < -0.4 is 10.1 Å². The molecule has 0 bridgehead atoms. The highest BCUT2D eigenvalue weighted by Gasteiger charge is 2.69. The second-order valence-electron chi connectivity index (χ2n) is 17.6. The normalized spacial score (nSPS) is 39.2. The molecular formula is C41H65NO5. The van der Waals surface area contributed by atoms with Crippen molar-refractivity contribution in [1.82, 2.24) is 5.32 Å². The number of carboxylic acids is 1. The lowest BCUT2D eigenvalue weighted by Crippen LogP contribution is -2.67. The van der Waals surface area contributed by atoms with Gasteiger partial charge in [0, 0.05) is 13.0 Å². The zero-order valence-corrected chi connectivity index (χ0v) is 30.6. The molecule has 0 spiro atoms. The molecule has 3 N–H and O–H groups in total. The van der Waals surface area contributed by atoms with Gasteiger partial charge in [-0.2, -0.15) is 0 Å². The van der Waals surface area contributed by atoms with Crippen molar-refractivity contribution in [3.05, 3.63) is 29.8 Å². The number of aliphatic hydroxyl groups is 1. The predicted molar refractivity (Wildman–Crippen MR) is 188 cm³/mol. The number of hydrogen-bond acceptors (Lipinski definition) is 4. The number of benzene rings is 1. The van der Waals surface area contributed by atoms with E-state index >= 15 is 0 Å². The van der Waals surface area contributed by atoms with Gasteiger partial charge in [-0.15, -0.1) is 0 Å². The van der Waals surface area contributed by atoms with Crippen molar-refractivity contribution in [2.75, 3.05) is 13.2 Å². The SMILES string of the molecule is CCCC1(C(=O)NCCc2cccc(OCCCCC(=O)O)c2)CC[C@]2(C)C(CCC3C4(C)CCC(O)C(C)(C)C4CCC32C)C1C. The summed E-state index contributed by atoms with van der Waals surface area (Å²) >= 11 is 0. The number of aliphatic hydroxyl groups excluding tert-OH is 1. The molecule has 1 amide bonds. The van der Waals surface area contributed by atoms with Crippen LogP contribution in [0.15, 0.2) is 24.3 Å². The van der Waals surface area contributed by atoms with E-state index in [9.17, 15) is 14.7 Å². The maximum absolute atomic E-state index is 14.3. The standard InChI is InChI=1S/C41H65NO5/c1-8-20-41(36(46)42-25-19-29-12-11-13-30(27-29)47-26-10-9-14-35(44)45)24-23-39(6)31(28(41)2)15-16-33-38(5)21-18-34(43)37(3,4)32(38)17-22-40(33,39)7/h11-13,27-28,31-34,43H,8-10,14-26H2,1-7H3,(H,42,46)(H,44,45)/t28?,31?,32?,33?,34?,38?,39-,40?,41?/m1/s1. The number of ether oxygens (including phenoxy) is 1. The molecule has 264 valence electrons. The van der Waals surface area contributed by atoms with Crippen molar-refractivity contribution < 1.29 is 24.5 Å². The lowest BCUT2D eigenvalue weighted by molar-refractivity contribution is -0.246. The molecule has 0 radical (unpaired) electrons. The lowest BCUT2D eigenvalue weighted by atomic mass is 9.32. The Hall–Kier alpha value is -2.08. The van der Waals surface area contributed by atoms with Crippen LogP contribution in [0.1, 0.15) is 138 Å². The fourth-order valence-corrected chi connectivity index (χ4v) is 12.4. The largest absolute Gasteiger partial charge is 0.494 e. The topological polar surface area (TPSA) is 95.9 Å². The molecule has 4 aliphatic carbocycles. The van der Waals surface area contributed by atoms with Crippen molar-refractivity contribution in [3.63, 3.8) is 0 Å². The number of unbranched alkanes of at least 4 members (excludes halogenated alkanes) is 1. The summed E-state index contributed by atoms with van der Waals surface area (Å²) in [5.74, 6) is 2.41. The molecular weight excluding hydrogens is 586 g/mol. The third-order valence-corrected chi connectivity index (χ3v) is 15.3. The zero-order chi connectivity index (χ0) is 34.3. The Labute approximate surface area is 285 Å². The molecule has 0 aliphatic heterocycles. The Kier molecular flexibility index (Phi) is 10.5. The number of amides is 1. The summed E-state index contributed by atoms with van der Waals surface area (Å²) in [5.41, 5.74) is 1.53. The molecule has 1 aromatic rings. The fraction of sp³-hybridized carbons (Fsp3) is 0.805. The third kappa shape index (κ3) is 6.27. The van der Waals surface area contributed by atoms with Crippen LogP contribution in [-0.4, -0.2) is 41.3 Å². The molecule has 6 heteroatoms. The van der Waals surface area contributed by atoms with E-state index in [4.69, 9.17) is 9.84 Å². The summed E-state index contributed by atoms with van der Waals surface area (Å²) in [6.45, 7) is 18.3. The van der Waals surface area contributed by atoms with Gasteiger partial charge in [0.25, 0.3) is 0 Å². The van der Waals surface area contributed by atoms with Crippen molar-refractivity contribution >= 4 is 11.9 Å². The zero-order valence-electron chi connectivity index (χ0n) is 30.6. The van der Waals surface area contributed by atoms with Crippen LogP contribution in [0, 0.1) is 50.7 Å². The van der Waals surface area contributed by atoms with Gasteiger partial charge in [-0.3, -0.25) is 9.59 Å². The average molecular weight is 652 g/mol. The van der Waals surface area contributed by atoms with Crippen molar-refractivity contribution in [3.8, 4) is 5.75 Å². The molecule has 4 aliphatic rings. The number of carbonyl (C=O) groups is 2. The van der Waals surface area contributed by atoms with Crippen LogP contribution in [0.2, 0.25) is 0 Å². The van der Waals surface area contributed by atoms with Gasteiger partial charge in [0.15, 0.2) is 0 Å². The molecule has 4 fully saturated rings. The number of hydrogen-bond donors (Lipinski definition) is 3. The quantitative estimate of drug-likeness (QED) is 0.196. The van der Waals surface area contributed by atoms with Crippen LogP contribution in [0.4, 0.5) is 0 Å². The van der Waals surface area contributed by atoms with Crippen LogP contribution in [-0.2, 0) is 16.0 Å². The molecule has 5 rings (SSSR count). The third-order valence-electron chi connectivity index (χ3n) is 15.3. The number of rotatable bonds is 12. The Morgan fingerprint density at radius 2 is 1.70 bits per heavy atom. The Bertz CT molecular complexity index is 1280. The second-order valence-corrected chi connectivity index (χ2v) is 17.6. The Morgan fingerprint density at radius 1 is 0.936 bits per heavy atom. The molecule has 0 aromatic heterocycles. The van der Waals surface area contributed by atoms with Gasteiger partial charge in [-0.1, -0.05) is 67.0 Å². The molecule has 1 aromatic carbocycles. The van der Waals surface area contributed by atoms with Crippen molar-refractivity contribution in [1.29, 1.82) is 0 Å². The second kappa shape index (κ2) is 13.7. The summed E-state index contributed by atoms with van der Waals surface area (Å²) in [6, 6.07) is 8.06. The highest BCUT2D eigenvalue weighted by molar-refractivity contribution is 5.83. The fourth-order valence-electron chi connectivity index (χ4n) is 12.4. The van der Waals surface area contributed by atoms with E-state index in [1.54, 1.807) is 0 Å². The molecule has 9 atom stereocenters. The van der Waals surface area contributed by atoms with Gasteiger partial charge in [0.2, 0.25) is 5.91 Å². The summed E-state index contributed by atoms with van der Waals surface area (Å²) in [5, 5.41) is 23.3. The maximum atomic E-state index is 14.3. The first kappa shape index (κ1) is 36.2. The summed E-state index contributed by atoms with van der Waals surface area (Å²) < 4.78 is 5.88. The molecule has 4 saturated carbocycles. The number of nitrogens with one attached hydrogen (secondary N) is 1. The van der Waals surface area contributed by atoms with E-state index in [0.717, 1.165) is 56.3 Å². The average Bonchev–Trinajstić information content (AvgIpc) is 3.01. The smallest absolute Gasteiger partial charge is 0.303 e. The molecule has 0 heterocycles. The van der Waals surface area contributed by atoms with Crippen molar-refractivity contribution in [2.24, 2.45) is 50.7 Å². The van der Waals surface area contributed by atoms with Gasteiger partial charge in [0.1, 0.15) is 5.75 Å². The predicted octanol–water partition coefficient (Wildman–Crippen LogP) is 8.83. The van der Waals surface area contributed by atoms with E-state index in [1.165, 1.54) is 25.7 Å². The highest BCUT2D eigenvalue weighted by atomic mass is 16.5. The maximum Gasteiger partial charge on any atom is 0.303 e. The van der Waals surface area contributed by atoms with Crippen LogP contribution in [0.3, 0.4) is 0 Å². The van der Waals surface area contributed by atoms with Crippen molar-refractivity contribution in [2.45, 2.75) is 144 Å². The number of fused-ring (bicyclic) bond motifs is 5. The van der Waals surface area contributed by atoms with Crippen LogP contribution >= 0.6 is 0 Å². The van der Waals surface area contributed by atoms with Gasteiger partial charge in [-0.05, 0) is 140 Å². The van der Waals surface area contributed by atoms with Gasteiger partial charge < -0.3 is 20.3 Å². The van der Waals surface area contributed by atoms with E-state index < -0.39 is 5.97 Å². The molecule has 0 saturated heterocycles. The minimum Gasteiger partial charge on any atom is -0.494 e. The number of aliphatic carboxylic acids is 1. The first-order valence-electron chi connectivity index (χ1n) is 19.1. The lowest BCUT2D eigenvalue weighted by Gasteiger charge is -2.72. The van der Waals surface area contributed by atoms with Gasteiger partial charge in [-0.25, -0.2) is 0 Å². The van der Waals surface area contributed by atoms with E-state index in [0.29, 0.717) is 49.7 Å². The highest BCUT2D eigenvalue weighted by Crippen LogP contribution is 2.75. The Morgan fingerprint density at radius 3 is 2.43 bits per heavy atom. The molecule has 8 unspecified atom stereocenters. The summed E-state index contributed by atoms with van der Waals surface area (Å²) in [7, 11) is 0. The van der Waals surface area contributed by atoms with Crippen LogP contribution in [0.5, 0.6) is 5.75 Å². The van der Waals surface area contributed by atoms with Gasteiger partial charge >= 0.3 is 5.97 Å². The minimum absolute atomic E-state index is 0.0298. The first-order chi connectivity index (χ1) is 22.2. The molecule has 6 nitrogen and oxygen atoms in total. The van der Waals surface area contributed by atoms with E-state index in [2.05, 4.69) is 59.8 Å². The monoisotopic (exact) mass is 651 g/mol. The van der Waals surface area contributed by atoms with Crippen LogP contribution in [0.25, 0.3) is 0 Å². The summed E-state index contributed by atoms with van der Waals surface area (Å²) in [6.07, 6.45) is 13.1. The number of carbonyl (C=O) groups excluding carboxylic acids is 1. The Balaban J connectivity index is 1.25. The molecule has 47 heavy (non-hydrogen) atoms. The number of carboxylic acid groups (broad SMARTS) is 1. The minimum atomic E-state index is -0.768.